The van der Waals surface area contributed by atoms with Gasteiger partial charge >= 0.3 is 0 Å². The Kier molecular flexibility index (Phi) is 7.58. The van der Waals surface area contributed by atoms with E-state index in [1.165, 1.54) is 0 Å². The van der Waals surface area contributed by atoms with Crippen LogP contribution in [0.1, 0.15) is 35.8 Å². The lowest BCUT2D eigenvalue weighted by Crippen LogP contribution is -2.33. The number of methoxy groups -OCH3 is 1. The second-order valence-electron chi connectivity index (χ2n) is 5.57. The molecule has 3 aromatic rings. The molecule has 1 aromatic heterocycles. The van der Waals surface area contributed by atoms with E-state index in [1.54, 1.807) is 31.6 Å². The van der Waals surface area contributed by atoms with Gasteiger partial charge in [-0.25, -0.2) is 0 Å². The lowest BCUT2D eigenvalue weighted by molar-refractivity contribution is 0.0937. The Balaban J connectivity index is 0.00000126. The zero-order valence-corrected chi connectivity index (χ0v) is 15.9. The predicted octanol–water partition coefficient (Wildman–Crippen LogP) is 3.54. The van der Waals surface area contributed by atoms with Crippen molar-refractivity contribution in [1.29, 1.82) is 0 Å². The van der Waals surface area contributed by atoms with E-state index in [2.05, 4.69) is 15.5 Å². The molecule has 27 heavy (non-hydrogen) atoms. The molecule has 1 heterocycles. The molecule has 0 saturated carbocycles. The lowest BCUT2D eigenvalue weighted by atomic mass is 10.0. The summed E-state index contributed by atoms with van der Waals surface area (Å²) in [5.41, 5.74) is 9.07. The summed E-state index contributed by atoms with van der Waals surface area (Å²) in [6, 6.07) is 14.8. The number of aromatic amines is 1. The summed E-state index contributed by atoms with van der Waals surface area (Å²) in [6.45, 7) is 4.32. The van der Waals surface area contributed by atoms with Crippen molar-refractivity contribution >= 4 is 5.91 Å². The number of H-pyrrole nitrogens is 1. The zero-order valence-electron chi connectivity index (χ0n) is 15.9. The van der Waals surface area contributed by atoms with E-state index in [-0.39, 0.29) is 11.9 Å². The smallest absolute Gasteiger partial charge is 0.251 e. The van der Waals surface area contributed by atoms with E-state index >= 15 is 0 Å². The van der Waals surface area contributed by atoms with Crippen LogP contribution in [0.15, 0.2) is 60.9 Å². The van der Waals surface area contributed by atoms with E-state index < -0.39 is 0 Å². The van der Waals surface area contributed by atoms with Crippen molar-refractivity contribution in [2.75, 3.05) is 13.7 Å². The molecule has 142 valence electrons. The van der Waals surface area contributed by atoms with E-state index in [0.29, 0.717) is 17.9 Å². The minimum atomic E-state index is -0.242. The summed E-state index contributed by atoms with van der Waals surface area (Å²) in [7, 11) is 1.58. The first-order valence-electron chi connectivity index (χ1n) is 8.96. The molecule has 0 spiro atoms. The molecule has 6 nitrogen and oxygen atoms in total. The molecule has 0 radical (unpaired) electrons. The molecule has 1 amide bonds. The molecule has 0 aliphatic rings. The van der Waals surface area contributed by atoms with Crippen LogP contribution in [0.3, 0.4) is 0 Å². The lowest BCUT2D eigenvalue weighted by Gasteiger charge is -2.18. The van der Waals surface area contributed by atoms with E-state index in [4.69, 9.17) is 10.5 Å². The van der Waals surface area contributed by atoms with Crippen molar-refractivity contribution in [3.63, 3.8) is 0 Å². The van der Waals surface area contributed by atoms with Crippen molar-refractivity contribution in [3.05, 3.63) is 72.1 Å². The average Bonchev–Trinajstić information content (AvgIpc) is 3.28. The van der Waals surface area contributed by atoms with E-state index in [0.717, 1.165) is 16.7 Å². The number of nitrogens with one attached hydrogen (secondary N) is 2. The van der Waals surface area contributed by atoms with Crippen LogP contribution >= 0.6 is 0 Å². The van der Waals surface area contributed by atoms with Crippen molar-refractivity contribution in [2.24, 2.45) is 5.73 Å². The fraction of sp³-hybridized carbons (Fsp3) is 0.238. The molecule has 0 saturated heterocycles. The topological polar surface area (TPSA) is 93.0 Å². The SMILES string of the molecule is CC.COc1cc(C(=O)NC(CN)c2ccccc2)ccc1-c1cn[nH]c1. The molecular formula is C21H26N4O2. The molecule has 4 N–H and O–H groups in total. The molecule has 1 unspecified atom stereocenters. The van der Waals surface area contributed by atoms with Crippen LogP contribution in [0.25, 0.3) is 11.1 Å². The Hall–Kier alpha value is -3.12. The summed E-state index contributed by atoms with van der Waals surface area (Å²) in [4.78, 5) is 12.6. The molecule has 3 rings (SSSR count). The highest BCUT2D eigenvalue weighted by atomic mass is 16.5. The summed E-state index contributed by atoms with van der Waals surface area (Å²) in [5, 5.41) is 9.68. The van der Waals surface area contributed by atoms with Gasteiger partial charge in [0.25, 0.3) is 5.91 Å². The zero-order chi connectivity index (χ0) is 19.6. The van der Waals surface area contributed by atoms with Gasteiger partial charge in [-0.1, -0.05) is 44.2 Å². The second-order valence-corrected chi connectivity index (χ2v) is 5.57. The molecule has 2 aromatic carbocycles. The summed E-state index contributed by atoms with van der Waals surface area (Å²) in [5.74, 6) is 0.411. The van der Waals surface area contributed by atoms with E-state index in [1.807, 2.05) is 50.2 Å². The molecule has 1 atom stereocenters. The molecule has 0 aliphatic carbocycles. The molecule has 0 fully saturated rings. The number of ether oxygens (including phenoxy) is 1. The Morgan fingerprint density at radius 2 is 1.96 bits per heavy atom. The molecule has 0 aliphatic heterocycles. The summed E-state index contributed by atoms with van der Waals surface area (Å²) in [6.07, 6.45) is 3.48. The van der Waals surface area contributed by atoms with Gasteiger partial charge in [-0.05, 0) is 23.8 Å². The number of rotatable bonds is 6. The van der Waals surface area contributed by atoms with Gasteiger partial charge in [0.1, 0.15) is 5.75 Å². The van der Waals surface area contributed by atoms with Gasteiger partial charge in [-0.15, -0.1) is 0 Å². The first-order valence-corrected chi connectivity index (χ1v) is 8.96. The van der Waals surface area contributed by atoms with Crippen LogP contribution in [0.2, 0.25) is 0 Å². The Labute approximate surface area is 159 Å². The number of hydrogen-bond acceptors (Lipinski definition) is 4. The molecule has 0 bridgehead atoms. The summed E-state index contributed by atoms with van der Waals surface area (Å²) < 4.78 is 5.43. The van der Waals surface area contributed by atoms with Gasteiger partial charge in [0.15, 0.2) is 0 Å². The Morgan fingerprint density at radius 3 is 2.56 bits per heavy atom. The van der Waals surface area contributed by atoms with Gasteiger partial charge < -0.3 is 15.8 Å². The Morgan fingerprint density at radius 1 is 1.22 bits per heavy atom. The predicted molar refractivity (Wildman–Crippen MR) is 108 cm³/mol. The second kappa shape index (κ2) is 10.1. The van der Waals surface area contributed by atoms with Crippen molar-refractivity contribution < 1.29 is 9.53 Å². The largest absolute Gasteiger partial charge is 0.496 e. The van der Waals surface area contributed by atoms with Crippen LogP contribution in [-0.4, -0.2) is 29.8 Å². The number of hydrogen-bond donors (Lipinski definition) is 3. The van der Waals surface area contributed by atoms with Crippen molar-refractivity contribution in [3.8, 4) is 16.9 Å². The van der Waals surface area contributed by atoms with Gasteiger partial charge in [0.05, 0.1) is 19.3 Å². The fourth-order valence-electron chi connectivity index (χ4n) is 2.67. The van der Waals surface area contributed by atoms with Crippen LogP contribution in [0.4, 0.5) is 0 Å². The van der Waals surface area contributed by atoms with Gasteiger partial charge in [-0.3, -0.25) is 9.89 Å². The average molecular weight is 366 g/mol. The third-order valence-electron chi connectivity index (χ3n) is 4.02. The quantitative estimate of drug-likeness (QED) is 0.622. The molecular weight excluding hydrogens is 340 g/mol. The number of benzene rings is 2. The van der Waals surface area contributed by atoms with Crippen molar-refractivity contribution in [1.82, 2.24) is 15.5 Å². The van der Waals surface area contributed by atoms with Crippen molar-refractivity contribution in [2.45, 2.75) is 19.9 Å². The number of amides is 1. The Bertz CT molecular complexity index is 833. The van der Waals surface area contributed by atoms with Crippen LogP contribution < -0.4 is 15.8 Å². The third-order valence-corrected chi connectivity index (χ3v) is 4.02. The van der Waals surface area contributed by atoms with Crippen LogP contribution in [0, 0.1) is 0 Å². The van der Waals surface area contributed by atoms with Gasteiger partial charge in [-0.2, -0.15) is 5.10 Å². The van der Waals surface area contributed by atoms with E-state index in [9.17, 15) is 4.79 Å². The minimum Gasteiger partial charge on any atom is -0.496 e. The number of nitrogens with two attached hydrogens (primary N) is 1. The maximum atomic E-state index is 12.6. The highest BCUT2D eigenvalue weighted by Crippen LogP contribution is 2.30. The first-order chi connectivity index (χ1) is 13.2. The normalized spacial score (nSPS) is 11.1. The van der Waals surface area contributed by atoms with Crippen LogP contribution in [0.5, 0.6) is 5.75 Å². The highest BCUT2D eigenvalue weighted by Gasteiger charge is 2.16. The standard InChI is InChI=1S/C19H20N4O2.C2H6/c1-25-18-9-14(7-8-16(18)15-11-21-22-12-15)19(24)23-17(10-20)13-5-3-2-4-6-13;1-2/h2-9,11-12,17H,10,20H2,1H3,(H,21,22)(H,23,24);1-2H3. The molecule has 6 heteroatoms. The highest BCUT2D eigenvalue weighted by molar-refractivity contribution is 5.95. The number of aromatic nitrogens is 2. The number of carbonyl (C=O) groups is 1. The maximum Gasteiger partial charge on any atom is 0.251 e. The third kappa shape index (κ3) is 4.95. The first kappa shape index (κ1) is 20.2. The summed E-state index contributed by atoms with van der Waals surface area (Å²) >= 11 is 0. The van der Waals surface area contributed by atoms with Crippen LogP contribution in [-0.2, 0) is 0 Å². The monoisotopic (exact) mass is 366 g/mol. The maximum absolute atomic E-state index is 12.6. The number of carbonyl (C=O) groups excluding carboxylic acids is 1. The fourth-order valence-corrected chi connectivity index (χ4v) is 2.67. The van der Waals surface area contributed by atoms with Gasteiger partial charge in [0.2, 0.25) is 0 Å². The minimum absolute atomic E-state index is 0.198. The van der Waals surface area contributed by atoms with Gasteiger partial charge in [0, 0.05) is 29.4 Å². The number of nitrogens with zero attached hydrogens (tertiary/aromatic N) is 1.